The molecular formula is C22H24N4O2. The Kier molecular flexibility index (Phi) is 5.89. The monoisotopic (exact) mass is 376 g/mol. The fourth-order valence-corrected chi connectivity index (χ4v) is 2.72. The van der Waals surface area contributed by atoms with E-state index in [9.17, 15) is 4.79 Å². The van der Waals surface area contributed by atoms with Gasteiger partial charge in [0.2, 0.25) is 0 Å². The van der Waals surface area contributed by atoms with E-state index >= 15 is 0 Å². The van der Waals surface area contributed by atoms with E-state index in [0.29, 0.717) is 28.9 Å². The highest BCUT2D eigenvalue weighted by atomic mass is 16.5. The Bertz CT molecular complexity index is 951. The minimum Gasteiger partial charge on any atom is -0.497 e. The maximum absolute atomic E-state index is 12.6. The third kappa shape index (κ3) is 4.85. The molecule has 0 saturated heterocycles. The Morgan fingerprint density at radius 1 is 0.964 bits per heavy atom. The molecule has 6 nitrogen and oxygen atoms in total. The van der Waals surface area contributed by atoms with Gasteiger partial charge in [-0.3, -0.25) is 4.79 Å². The number of carbonyl (C=O) groups excluding carboxylic acids is 1. The van der Waals surface area contributed by atoms with Crippen LogP contribution in [0, 0.1) is 6.92 Å². The van der Waals surface area contributed by atoms with Crippen molar-refractivity contribution in [1.29, 1.82) is 0 Å². The first-order chi connectivity index (χ1) is 13.4. The second-order valence-electron chi connectivity index (χ2n) is 6.77. The van der Waals surface area contributed by atoms with E-state index in [4.69, 9.17) is 4.74 Å². The molecule has 0 unspecified atom stereocenters. The molecule has 0 aliphatic heterocycles. The van der Waals surface area contributed by atoms with Crippen LogP contribution in [0.3, 0.4) is 0 Å². The molecule has 1 amide bonds. The molecule has 144 valence electrons. The Morgan fingerprint density at radius 2 is 1.61 bits per heavy atom. The Labute approximate surface area is 165 Å². The zero-order valence-electron chi connectivity index (χ0n) is 16.5. The van der Waals surface area contributed by atoms with Crippen LogP contribution < -0.4 is 15.4 Å². The SMILES string of the molecule is COc1ccc(NC(=O)c2cc(Nc3ccc(C(C)C)cc3)nc(C)n2)cc1. The normalized spacial score (nSPS) is 10.6. The second-order valence-corrected chi connectivity index (χ2v) is 6.77. The van der Waals surface area contributed by atoms with E-state index in [1.165, 1.54) is 5.56 Å². The summed E-state index contributed by atoms with van der Waals surface area (Å²) in [6.45, 7) is 6.07. The van der Waals surface area contributed by atoms with Crippen LogP contribution in [0.2, 0.25) is 0 Å². The van der Waals surface area contributed by atoms with Gasteiger partial charge in [0.15, 0.2) is 0 Å². The summed E-state index contributed by atoms with van der Waals surface area (Å²) in [7, 11) is 1.60. The molecule has 0 bridgehead atoms. The molecule has 1 aromatic heterocycles. The Hall–Kier alpha value is -3.41. The predicted octanol–water partition coefficient (Wildman–Crippen LogP) is 4.91. The number of aromatic nitrogens is 2. The number of aryl methyl sites for hydroxylation is 1. The zero-order chi connectivity index (χ0) is 20.1. The maximum Gasteiger partial charge on any atom is 0.274 e. The van der Waals surface area contributed by atoms with Crippen LogP contribution in [-0.4, -0.2) is 23.0 Å². The molecule has 0 fully saturated rings. The summed E-state index contributed by atoms with van der Waals surface area (Å²) in [5, 5.41) is 6.07. The van der Waals surface area contributed by atoms with Gasteiger partial charge < -0.3 is 15.4 Å². The lowest BCUT2D eigenvalue weighted by Crippen LogP contribution is -2.15. The van der Waals surface area contributed by atoms with Gasteiger partial charge in [-0.15, -0.1) is 0 Å². The molecule has 0 aliphatic rings. The number of methoxy groups -OCH3 is 1. The average Bonchev–Trinajstić information content (AvgIpc) is 2.68. The number of benzene rings is 2. The van der Waals surface area contributed by atoms with Crippen LogP contribution in [0.4, 0.5) is 17.2 Å². The van der Waals surface area contributed by atoms with Gasteiger partial charge in [-0.1, -0.05) is 26.0 Å². The van der Waals surface area contributed by atoms with E-state index in [2.05, 4.69) is 46.6 Å². The highest BCUT2D eigenvalue weighted by molar-refractivity contribution is 6.03. The summed E-state index contributed by atoms with van der Waals surface area (Å²) in [5.74, 6) is 2.00. The van der Waals surface area contributed by atoms with E-state index in [1.54, 1.807) is 44.4 Å². The van der Waals surface area contributed by atoms with Gasteiger partial charge in [0.25, 0.3) is 5.91 Å². The minimum atomic E-state index is -0.297. The molecular weight excluding hydrogens is 352 g/mol. The van der Waals surface area contributed by atoms with Gasteiger partial charge in [-0.05, 0) is 54.8 Å². The molecule has 0 aliphatic carbocycles. The molecule has 2 aromatic carbocycles. The zero-order valence-corrected chi connectivity index (χ0v) is 16.5. The molecule has 0 radical (unpaired) electrons. The molecule has 0 atom stereocenters. The quantitative estimate of drug-likeness (QED) is 0.639. The van der Waals surface area contributed by atoms with Crippen molar-refractivity contribution in [3.8, 4) is 5.75 Å². The number of hydrogen-bond donors (Lipinski definition) is 2. The van der Waals surface area contributed by atoms with Crippen LogP contribution in [0.15, 0.2) is 54.6 Å². The van der Waals surface area contributed by atoms with Crippen molar-refractivity contribution in [1.82, 2.24) is 9.97 Å². The molecule has 3 aromatic rings. The topological polar surface area (TPSA) is 76.1 Å². The molecule has 0 spiro atoms. The van der Waals surface area contributed by atoms with Gasteiger partial charge >= 0.3 is 0 Å². The van der Waals surface area contributed by atoms with Crippen molar-refractivity contribution >= 4 is 23.1 Å². The van der Waals surface area contributed by atoms with Crippen LogP contribution >= 0.6 is 0 Å². The number of amides is 1. The molecule has 1 heterocycles. The summed E-state index contributed by atoms with van der Waals surface area (Å²) in [4.78, 5) is 21.2. The van der Waals surface area contributed by atoms with Crippen molar-refractivity contribution in [2.75, 3.05) is 17.7 Å². The Balaban J connectivity index is 1.75. The molecule has 3 rings (SSSR count). The van der Waals surface area contributed by atoms with Crippen molar-refractivity contribution in [2.45, 2.75) is 26.7 Å². The fraction of sp³-hybridized carbons (Fsp3) is 0.227. The number of anilines is 3. The highest BCUT2D eigenvalue weighted by Crippen LogP contribution is 2.21. The van der Waals surface area contributed by atoms with E-state index in [0.717, 1.165) is 11.4 Å². The number of nitrogens with one attached hydrogen (secondary N) is 2. The van der Waals surface area contributed by atoms with Crippen molar-refractivity contribution < 1.29 is 9.53 Å². The fourth-order valence-electron chi connectivity index (χ4n) is 2.72. The van der Waals surface area contributed by atoms with Gasteiger partial charge in [0.1, 0.15) is 23.1 Å². The second kappa shape index (κ2) is 8.52. The first kappa shape index (κ1) is 19.4. The number of hydrogen-bond acceptors (Lipinski definition) is 5. The number of nitrogens with zero attached hydrogens (tertiary/aromatic N) is 2. The summed E-state index contributed by atoms with van der Waals surface area (Å²) in [5.41, 5.74) is 3.14. The van der Waals surface area contributed by atoms with Crippen molar-refractivity contribution in [2.24, 2.45) is 0 Å². The summed E-state index contributed by atoms with van der Waals surface area (Å²) >= 11 is 0. The third-order valence-corrected chi connectivity index (χ3v) is 4.27. The molecule has 0 saturated carbocycles. The van der Waals surface area contributed by atoms with Gasteiger partial charge in [0.05, 0.1) is 7.11 Å². The minimum absolute atomic E-state index is 0.296. The van der Waals surface area contributed by atoms with Crippen LogP contribution in [0.25, 0.3) is 0 Å². The lowest BCUT2D eigenvalue weighted by Gasteiger charge is -2.11. The van der Waals surface area contributed by atoms with Crippen LogP contribution in [0.1, 0.15) is 41.6 Å². The molecule has 28 heavy (non-hydrogen) atoms. The molecule has 2 N–H and O–H groups in total. The van der Waals surface area contributed by atoms with Crippen molar-refractivity contribution in [3.05, 3.63) is 71.7 Å². The Morgan fingerprint density at radius 3 is 2.21 bits per heavy atom. The van der Waals surface area contributed by atoms with Gasteiger partial charge in [-0.25, -0.2) is 9.97 Å². The average molecular weight is 376 g/mol. The standard InChI is InChI=1S/C22H24N4O2/c1-14(2)16-5-7-17(8-6-16)25-21-13-20(23-15(3)24-21)22(27)26-18-9-11-19(28-4)12-10-18/h5-14H,1-4H3,(H,26,27)(H,23,24,25). The number of carbonyl (C=O) groups is 1. The largest absolute Gasteiger partial charge is 0.497 e. The lowest BCUT2D eigenvalue weighted by molar-refractivity contribution is 0.102. The molecule has 6 heteroatoms. The lowest BCUT2D eigenvalue weighted by atomic mass is 10.0. The smallest absolute Gasteiger partial charge is 0.274 e. The first-order valence-electron chi connectivity index (χ1n) is 9.12. The predicted molar refractivity (Wildman–Crippen MR) is 112 cm³/mol. The summed E-state index contributed by atoms with van der Waals surface area (Å²) in [6, 6.07) is 16.9. The van der Waals surface area contributed by atoms with Crippen molar-refractivity contribution in [3.63, 3.8) is 0 Å². The highest BCUT2D eigenvalue weighted by Gasteiger charge is 2.11. The van der Waals surface area contributed by atoms with Crippen LogP contribution in [0.5, 0.6) is 5.75 Å². The summed E-state index contributed by atoms with van der Waals surface area (Å²) in [6.07, 6.45) is 0. The van der Waals surface area contributed by atoms with E-state index in [-0.39, 0.29) is 5.91 Å². The van der Waals surface area contributed by atoms with E-state index < -0.39 is 0 Å². The number of rotatable bonds is 6. The van der Waals surface area contributed by atoms with Gasteiger partial charge in [0, 0.05) is 17.4 Å². The van der Waals surface area contributed by atoms with E-state index in [1.807, 2.05) is 12.1 Å². The summed E-state index contributed by atoms with van der Waals surface area (Å²) < 4.78 is 5.13. The maximum atomic E-state index is 12.6. The third-order valence-electron chi connectivity index (χ3n) is 4.27. The first-order valence-corrected chi connectivity index (χ1v) is 9.12. The van der Waals surface area contributed by atoms with Gasteiger partial charge in [-0.2, -0.15) is 0 Å². The number of ether oxygens (including phenoxy) is 1. The van der Waals surface area contributed by atoms with Crippen LogP contribution in [-0.2, 0) is 0 Å².